The molecule has 0 heterocycles. The molecular formula is C9H20N2O2. The maximum Gasteiger partial charge on any atom is 0.218 e. The summed E-state index contributed by atoms with van der Waals surface area (Å²) in [4.78, 5) is 12.5. The second-order valence-electron chi connectivity index (χ2n) is 3.44. The number of primary amides is 1. The summed E-state index contributed by atoms with van der Waals surface area (Å²) in [7, 11) is 1.95. The van der Waals surface area contributed by atoms with Crippen molar-refractivity contribution in [1.29, 1.82) is 0 Å². The van der Waals surface area contributed by atoms with Gasteiger partial charge in [0.05, 0.1) is 12.7 Å². The normalized spacial score (nSPS) is 11.2. The van der Waals surface area contributed by atoms with Crippen molar-refractivity contribution in [2.75, 3.05) is 26.7 Å². The van der Waals surface area contributed by atoms with Gasteiger partial charge in [0.2, 0.25) is 5.91 Å². The third kappa shape index (κ3) is 9.30. The third-order valence-electron chi connectivity index (χ3n) is 1.66. The molecule has 0 aliphatic rings. The third-order valence-corrected chi connectivity index (χ3v) is 1.66. The molecule has 0 saturated heterocycles. The molecule has 13 heavy (non-hydrogen) atoms. The van der Waals surface area contributed by atoms with Crippen LogP contribution < -0.4 is 5.73 Å². The molecule has 0 aliphatic carbocycles. The Bertz CT molecular complexity index is 149. The van der Waals surface area contributed by atoms with Crippen LogP contribution >= 0.6 is 0 Å². The summed E-state index contributed by atoms with van der Waals surface area (Å²) in [6.45, 7) is 6.25. The van der Waals surface area contributed by atoms with E-state index in [1.54, 1.807) is 0 Å². The summed E-state index contributed by atoms with van der Waals surface area (Å²) < 4.78 is 5.36. The van der Waals surface area contributed by atoms with Crippen molar-refractivity contribution in [3.63, 3.8) is 0 Å². The Morgan fingerprint density at radius 3 is 2.54 bits per heavy atom. The van der Waals surface area contributed by atoms with Crippen LogP contribution in [-0.4, -0.2) is 43.7 Å². The van der Waals surface area contributed by atoms with E-state index in [0.717, 1.165) is 6.54 Å². The number of carbonyl (C=O) groups excluding carboxylic acids is 1. The summed E-state index contributed by atoms with van der Waals surface area (Å²) in [5, 5.41) is 0. The van der Waals surface area contributed by atoms with Gasteiger partial charge in [-0.1, -0.05) is 0 Å². The van der Waals surface area contributed by atoms with Gasteiger partial charge in [-0.05, 0) is 20.9 Å². The van der Waals surface area contributed by atoms with Gasteiger partial charge in [-0.2, -0.15) is 0 Å². The highest BCUT2D eigenvalue weighted by Gasteiger charge is 2.01. The van der Waals surface area contributed by atoms with E-state index in [9.17, 15) is 4.79 Å². The monoisotopic (exact) mass is 188 g/mol. The minimum atomic E-state index is -0.253. The van der Waals surface area contributed by atoms with Crippen molar-refractivity contribution in [2.45, 2.75) is 26.4 Å². The minimum absolute atomic E-state index is 0.253. The fourth-order valence-corrected chi connectivity index (χ4v) is 0.857. The average molecular weight is 188 g/mol. The van der Waals surface area contributed by atoms with Gasteiger partial charge < -0.3 is 15.4 Å². The van der Waals surface area contributed by atoms with Crippen molar-refractivity contribution < 1.29 is 9.53 Å². The van der Waals surface area contributed by atoms with Crippen LogP contribution in [0.15, 0.2) is 0 Å². The van der Waals surface area contributed by atoms with E-state index in [0.29, 0.717) is 19.6 Å². The van der Waals surface area contributed by atoms with Gasteiger partial charge in [0.1, 0.15) is 0 Å². The van der Waals surface area contributed by atoms with Crippen molar-refractivity contribution in [3.8, 4) is 0 Å². The molecule has 0 bridgehead atoms. The second kappa shape index (κ2) is 6.86. The molecule has 0 aromatic heterocycles. The van der Waals surface area contributed by atoms with Crippen LogP contribution in [0.5, 0.6) is 0 Å². The molecular weight excluding hydrogens is 168 g/mol. The fourth-order valence-electron chi connectivity index (χ4n) is 0.857. The first kappa shape index (κ1) is 12.4. The molecule has 0 aromatic carbocycles. The molecule has 4 heteroatoms. The van der Waals surface area contributed by atoms with E-state index in [-0.39, 0.29) is 12.0 Å². The Balaban J connectivity index is 3.30. The SMILES string of the molecule is CC(C)OCCN(C)CCC(N)=O. The first-order valence-electron chi connectivity index (χ1n) is 4.61. The zero-order valence-electron chi connectivity index (χ0n) is 8.75. The molecule has 2 N–H and O–H groups in total. The van der Waals surface area contributed by atoms with Crippen LogP contribution in [0.4, 0.5) is 0 Å². The Hall–Kier alpha value is -0.610. The highest BCUT2D eigenvalue weighted by atomic mass is 16.5. The maximum absolute atomic E-state index is 10.5. The lowest BCUT2D eigenvalue weighted by molar-refractivity contribution is -0.118. The van der Waals surface area contributed by atoms with E-state index in [4.69, 9.17) is 10.5 Å². The molecule has 0 atom stereocenters. The van der Waals surface area contributed by atoms with Crippen LogP contribution in [0.25, 0.3) is 0 Å². The van der Waals surface area contributed by atoms with Gasteiger partial charge in [-0.15, -0.1) is 0 Å². The summed E-state index contributed by atoms with van der Waals surface area (Å²) in [5.74, 6) is -0.253. The van der Waals surface area contributed by atoms with E-state index in [1.807, 2.05) is 25.8 Å². The van der Waals surface area contributed by atoms with Gasteiger partial charge in [-0.25, -0.2) is 0 Å². The summed E-state index contributed by atoms with van der Waals surface area (Å²) in [6, 6.07) is 0. The van der Waals surface area contributed by atoms with Crippen LogP contribution in [0, 0.1) is 0 Å². The zero-order valence-corrected chi connectivity index (χ0v) is 8.75. The predicted octanol–water partition coefficient (Wildman–Crippen LogP) is 0.219. The molecule has 1 amide bonds. The predicted molar refractivity (Wildman–Crippen MR) is 52.4 cm³/mol. The van der Waals surface area contributed by atoms with Crippen LogP contribution in [0.2, 0.25) is 0 Å². The number of hydrogen-bond donors (Lipinski definition) is 1. The molecule has 0 fully saturated rings. The van der Waals surface area contributed by atoms with Gasteiger partial charge in [0.15, 0.2) is 0 Å². The summed E-state index contributed by atoms with van der Waals surface area (Å²) in [5.41, 5.74) is 5.02. The van der Waals surface area contributed by atoms with Gasteiger partial charge in [0.25, 0.3) is 0 Å². The maximum atomic E-state index is 10.5. The highest BCUT2D eigenvalue weighted by Crippen LogP contribution is 1.90. The molecule has 78 valence electrons. The Labute approximate surface area is 80.0 Å². The van der Waals surface area contributed by atoms with Gasteiger partial charge in [-0.3, -0.25) is 4.79 Å². The average Bonchev–Trinajstić information content (AvgIpc) is 2.00. The van der Waals surface area contributed by atoms with Crippen molar-refractivity contribution >= 4 is 5.91 Å². The van der Waals surface area contributed by atoms with Crippen molar-refractivity contribution in [2.24, 2.45) is 5.73 Å². The summed E-state index contributed by atoms with van der Waals surface area (Å²) >= 11 is 0. The van der Waals surface area contributed by atoms with E-state index in [1.165, 1.54) is 0 Å². The smallest absolute Gasteiger partial charge is 0.218 e. The molecule has 0 unspecified atom stereocenters. The number of carbonyl (C=O) groups is 1. The molecule has 0 spiro atoms. The topological polar surface area (TPSA) is 55.6 Å². The molecule has 0 saturated carbocycles. The number of nitrogens with two attached hydrogens (primary N) is 1. The number of hydrogen-bond acceptors (Lipinski definition) is 3. The quantitative estimate of drug-likeness (QED) is 0.621. The zero-order chi connectivity index (χ0) is 10.3. The van der Waals surface area contributed by atoms with Crippen LogP contribution in [0.1, 0.15) is 20.3 Å². The lowest BCUT2D eigenvalue weighted by atomic mass is 10.4. The van der Waals surface area contributed by atoms with Gasteiger partial charge in [0, 0.05) is 19.5 Å². The lowest BCUT2D eigenvalue weighted by Crippen LogP contribution is -2.28. The minimum Gasteiger partial charge on any atom is -0.377 e. The summed E-state index contributed by atoms with van der Waals surface area (Å²) in [6.07, 6.45) is 0.683. The lowest BCUT2D eigenvalue weighted by Gasteiger charge is -2.16. The van der Waals surface area contributed by atoms with Gasteiger partial charge >= 0.3 is 0 Å². The molecule has 4 nitrogen and oxygen atoms in total. The molecule has 0 aromatic rings. The highest BCUT2D eigenvalue weighted by molar-refractivity contribution is 5.73. The van der Waals surface area contributed by atoms with E-state index in [2.05, 4.69) is 0 Å². The van der Waals surface area contributed by atoms with Crippen LogP contribution in [0.3, 0.4) is 0 Å². The second-order valence-corrected chi connectivity index (χ2v) is 3.44. The number of amides is 1. The van der Waals surface area contributed by atoms with E-state index < -0.39 is 0 Å². The molecule has 0 aliphatic heterocycles. The number of nitrogens with zero attached hydrogens (tertiary/aromatic N) is 1. The van der Waals surface area contributed by atoms with Crippen LogP contribution in [-0.2, 0) is 9.53 Å². The first-order chi connectivity index (χ1) is 6.02. The first-order valence-corrected chi connectivity index (χ1v) is 4.61. The number of ether oxygens (including phenoxy) is 1. The van der Waals surface area contributed by atoms with Crippen molar-refractivity contribution in [1.82, 2.24) is 4.90 Å². The molecule has 0 rings (SSSR count). The Kier molecular flexibility index (Phi) is 6.54. The van der Waals surface area contributed by atoms with E-state index >= 15 is 0 Å². The number of likely N-dealkylation sites (N-methyl/N-ethyl adjacent to an activating group) is 1. The largest absolute Gasteiger partial charge is 0.377 e. The fraction of sp³-hybridized carbons (Fsp3) is 0.889. The number of rotatable bonds is 7. The van der Waals surface area contributed by atoms with Crippen molar-refractivity contribution in [3.05, 3.63) is 0 Å². The Morgan fingerprint density at radius 1 is 1.46 bits per heavy atom. The standard InChI is InChI=1S/C9H20N2O2/c1-8(2)13-7-6-11(3)5-4-9(10)12/h8H,4-7H2,1-3H3,(H2,10,12). The Morgan fingerprint density at radius 2 is 2.08 bits per heavy atom. The molecule has 0 radical (unpaired) electrons.